The smallest absolute Gasteiger partial charge is 0.306 e. The maximum absolute atomic E-state index is 13.0. The first-order valence-corrected chi connectivity index (χ1v) is 29.2. The molecule has 0 aliphatic carbocycles. The van der Waals surface area contributed by atoms with E-state index in [0.717, 1.165) is 64.2 Å². The van der Waals surface area contributed by atoms with Crippen LogP contribution < -0.4 is 0 Å². The van der Waals surface area contributed by atoms with Gasteiger partial charge in [-0.3, -0.25) is 9.59 Å². The van der Waals surface area contributed by atoms with E-state index in [1.165, 1.54) is 83.5 Å². The molecule has 0 saturated carbocycles. The van der Waals surface area contributed by atoms with Crippen molar-refractivity contribution >= 4 is 11.9 Å². The highest BCUT2D eigenvalue weighted by Crippen LogP contribution is 2.26. The van der Waals surface area contributed by atoms with E-state index in [1.807, 2.05) is 12.2 Å². The van der Waals surface area contributed by atoms with Crippen molar-refractivity contribution in [2.75, 3.05) is 26.4 Å². The molecule has 0 amide bonds. The summed E-state index contributed by atoms with van der Waals surface area (Å²) < 4.78 is 33.6. The fraction of sp³-hybridized carbons (Fsp3) is 0.738. The highest BCUT2D eigenvalue weighted by molar-refractivity contribution is 5.70. The Bertz CT molecular complexity index is 1640. The van der Waals surface area contributed by atoms with Crippen molar-refractivity contribution in [3.63, 3.8) is 0 Å². The molecule has 0 spiro atoms. The lowest BCUT2D eigenvalue weighted by molar-refractivity contribution is -0.332. The Hall–Kier alpha value is -3.32. The lowest BCUT2D eigenvalue weighted by Crippen LogP contribution is -2.61. The Morgan fingerprint density at radius 1 is 0.434 bits per heavy atom. The van der Waals surface area contributed by atoms with Crippen LogP contribution in [0.4, 0.5) is 0 Å². The third kappa shape index (κ3) is 33.2. The van der Waals surface area contributed by atoms with Crippen LogP contribution in [0.25, 0.3) is 0 Å². The highest BCUT2D eigenvalue weighted by atomic mass is 16.7. The number of aliphatic hydroxyl groups excluding tert-OH is 7. The number of carbonyl (C=O) groups excluding carboxylic acids is 2. The summed E-state index contributed by atoms with van der Waals surface area (Å²) in [5.41, 5.74) is 0. The molecule has 2 fully saturated rings. The topological polar surface area (TPSA) is 231 Å². The molecule has 2 rings (SSSR count). The van der Waals surface area contributed by atoms with Crippen molar-refractivity contribution in [1.82, 2.24) is 0 Å². The van der Waals surface area contributed by atoms with Crippen LogP contribution in [-0.4, -0.2) is 142 Å². The van der Waals surface area contributed by atoms with Crippen LogP contribution in [0, 0.1) is 0 Å². The summed E-state index contributed by atoms with van der Waals surface area (Å²) >= 11 is 0. The molecule has 0 aromatic carbocycles. The number of esters is 2. The van der Waals surface area contributed by atoms with Crippen molar-refractivity contribution in [3.8, 4) is 0 Å². The van der Waals surface area contributed by atoms with Crippen LogP contribution >= 0.6 is 0 Å². The maximum atomic E-state index is 13.0. The number of rotatable bonds is 45. The Labute approximate surface area is 456 Å². The molecular weight excluding hydrogens is 973 g/mol. The zero-order valence-corrected chi connectivity index (χ0v) is 46.5. The van der Waals surface area contributed by atoms with Crippen molar-refractivity contribution in [2.24, 2.45) is 0 Å². The lowest BCUT2D eigenvalue weighted by atomic mass is 9.98. The Balaban J connectivity index is 1.76. The minimum absolute atomic E-state index is 0.0826. The predicted octanol–water partition coefficient (Wildman–Crippen LogP) is 9.94. The second-order valence-corrected chi connectivity index (χ2v) is 20.1. The van der Waals surface area contributed by atoms with Crippen molar-refractivity contribution < 1.29 is 73.8 Å². The number of ether oxygens (including phenoxy) is 6. The molecule has 436 valence electrons. The first-order chi connectivity index (χ1) is 37.0. The van der Waals surface area contributed by atoms with Gasteiger partial charge in [0.15, 0.2) is 18.7 Å². The van der Waals surface area contributed by atoms with Gasteiger partial charge in [-0.2, -0.15) is 0 Å². The lowest BCUT2D eigenvalue weighted by Gasteiger charge is -2.42. The molecule has 7 N–H and O–H groups in total. The summed E-state index contributed by atoms with van der Waals surface area (Å²) in [7, 11) is 0. The summed E-state index contributed by atoms with van der Waals surface area (Å²) in [4.78, 5) is 25.9. The molecule has 0 radical (unpaired) electrons. The summed E-state index contributed by atoms with van der Waals surface area (Å²) in [6.45, 7) is 2.41. The zero-order chi connectivity index (χ0) is 55.3. The van der Waals surface area contributed by atoms with E-state index in [4.69, 9.17) is 28.4 Å². The van der Waals surface area contributed by atoms with Gasteiger partial charge in [0.25, 0.3) is 0 Å². The molecule has 2 saturated heterocycles. The number of aliphatic hydroxyl groups is 7. The Morgan fingerprint density at radius 3 is 1.34 bits per heavy atom. The molecule has 2 aliphatic heterocycles. The molecule has 11 atom stereocenters. The summed E-state index contributed by atoms with van der Waals surface area (Å²) in [6.07, 6.45) is 41.8. The Kier molecular flexibility index (Phi) is 42.2. The summed E-state index contributed by atoms with van der Waals surface area (Å²) in [5.74, 6) is -0.998. The van der Waals surface area contributed by atoms with Crippen LogP contribution in [-0.2, 0) is 38.0 Å². The highest BCUT2D eigenvalue weighted by Gasteiger charge is 2.47. The van der Waals surface area contributed by atoms with Crippen LogP contribution in [0.2, 0.25) is 0 Å². The maximum Gasteiger partial charge on any atom is 0.306 e. The number of carbonyl (C=O) groups is 2. The second-order valence-electron chi connectivity index (χ2n) is 20.1. The third-order valence-electron chi connectivity index (χ3n) is 13.4. The van der Waals surface area contributed by atoms with Crippen LogP contribution in [0.5, 0.6) is 0 Å². The average molecular weight is 1080 g/mol. The van der Waals surface area contributed by atoms with Crippen LogP contribution in [0.15, 0.2) is 85.1 Å². The fourth-order valence-corrected chi connectivity index (χ4v) is 8.64. The van der Waals surface area contributed by atoms with E-state index >= 15 is 0 Å². The second kappa shape index (κ2) is 46.6. The van der Waals surface area contributed by atoms with Gasteiger partial charge in [-0.25, -0.2) is 0 Å². The van der Waals surface area contributed by atoms with E-state index in [2.05, 4.69) is 86.8 Å². The normalized spacial score (nSPS) is 25.0. The van der Waals surface area contributed by atoms with Gasteiger partial charge >= 0.3 is 11.9 Å². The van der Waals surface area contributed by atoms with Gasteiger partial charge in [0, 0.05) is 12.8 Å². The molecule has 15 nitrogen and oxygen atoms in total. The van der Waals surface area contributed by atoms with Gasteiger partial charge < -0.3 is 64.2 Å². The first kappa shape index (κ1) is 68.8. The molecule has 0 aromatic heterocycles. The van der Waals surface area contributed by atoms with Gasteiger partial charge in [0.05, 0.1) is 19.8 Å². The van der Waals surface area contributed by atoms with E-state index in [-0.39, 0.29) is 19.4 Å². The molecule has 0 bridgehead atoms. The van der Waals surface area contributed by atoms with E-state index in [0.29, 0.717) is 19.3 Å². The summed E-state index contributed by atoms with van der Waals surface area (Å²) in [5, 5.41) is 72.3. The molecule has 15 heteroatoms. The van der Waals surface area contributed by atoms with Crippen molar-refractivity contribution in [1.29, 1.82) is 0 Å². The van der Waals surface area contributed by atoms with Gasteiger partial charge in [-0.05, 0) is 83.5 Å². The predicted molar refractivity (Wildman–Crippen MR) is 298 cm³/mol. The number of hydrogen-bond acceptors (Lipinski definition) is 15. The van der Waals surface area contributed by atoms with Gasteiger partial charge in [-0.15, -0.1) is 0 Å². The molecule has 2 heterocycles. The number of allylic oxidation sites excluding steroid dienone is 14. The first-order valence-electron chi connectivity index (χ1n) is 29.2. The summed E-state index contributed by atoms with van der Waals surface area (Å²) in [6, 6.07) is 0. The largest absolute Gasteiger partial charge is 0.462 e. The van der Waals surface area contributed by atoms with Gasteiger partial charge in [0.1, 0.15) is 55.4 Å². The van der Waals surface area contributed by atoms with Crippen molar-refractivity contribution in [3.05, 3.63) is 85.1 Å². The number of unbranched alkanes of at least 4 members (excludes halogenated alkanes) is 17. The molecule has 76 heavy (non-hydrogen) atoms. The standard InChI is InChI=1S/C61H102O15/c1-3-5-7-9-11-13-15-17-19-21-22-23-24-25-26-28-29-31-33-35-37-39-41-43-52(63)71-46-49(74-53(64)44-42-40-38-36-34-32-30-27-20-18-16-14-12-10-8-6-4-2)47-72-60-59(70)57(68)55(66)51(76-60)48-73-61-58(69)56(67)54(65)50(45-62)75-61/h6,8,12,14-15,17-18,20-22,30,32,36,38,49-51,54-62,65-70H,3-5,7,9-11,13,16,19,23-29,31,33-35,37,39-48H2,1-2H3/b8-6-,14-12-,17-15-,20-18-,22-21-,32-30-,38-36-. The van der Waals surface area contributed by atoms with Gasteiger partial charge in [-0.1, -0.05) is 182 Å². The third-order valence-corrected chi connectivity index (χ3v) is 13.4. The zero-order valence-electron chi connectivity index (χ0n) is 46.5. The minimum atomic E-state index is -1.78. The van der Waals surface area contributed by atoms with E-state index < -0.39 is 99.3 Å². The monoisotopic (exact) mass is 1070 g/mol. The Morgan fingerprint density at radius 2 is 0.842 bits per heavy atom. The number of hydrogen-bond donors (Lipinski definition) is 7. The van der Waals surface area contributed by atoms with E-state index in [1.54, 1.807) is 0 Å². The SMILES string of the molecule is CC/C=C\C/C=C\C/C=C\C/C=C\C/C=C\CCCC(=O)OC(COC(=O)CCCCCCCCCCCCC/C=C\C/C=C\CCCCCCC)COC1OC(COC2OC(CO)C(O)C(O)C2O)C(O)C(O)C1O. The van der Waals surface area contributed by atoms with Crippen LogP contribution in [0.3, 0.4) is 0 Å². The molecule has 11 unspecified atom stereocenters. The average Bonchev–Trinajstić information content (AvgIpc) is 3.41. The van der Waals surface area contributed by atoms with Crippen LogP contribution in [0.1, 0.15) is 194 Å². The minimum Gasteiger partial charge on any atom is -0.462 e. The van der Waals surface area contributed by atoms with Gasteiger partial charge in [0.2, 0.25) is 0 Å². The molecule has 0 aromatic rings. The quantitative estimate of drug-likeness (QED) is 0.0171. The fourth-order valence-electron chi connectivity index (χ4n) is 8.64. The van der Waals surface area contributed by atoms with E-state index in [9.17, 15) is 45.3 Å². The molecule has 2 aliphatic rings. The molecular formula is C61H102O15. The van der Waals surface area contributed by atoms with Crippen molar-refractivity contribution in [2.45, 2.75) is 261 Å².